The molecule has 0 unspecified atom stereocenters. The van der Waals surface area contributed by atoms with Gasteiger partial charge in [-0.3, -0.25) is 4.79 Å². The van der Waals surface area contributed by atoms with Gasteiger partial charge in [0.2, 0.25) is 11.5 Å². The molecule has 0 spiro atoms. The van der Waals surface area contributed by atoms with Crippen molar-refractivity contribution in [3.8, 4) is 23.1 Å². The summed E-state index contributed by atoms with van der Waals surface area (Å²) in [4.78, 5) is 12.1. The van der Waals surface area contributed by atoms with Crippen molar-refractivity contribution in [3.63, 3.8) is 0 Å². The van der Waals surface area contributed by atoms with Crippen LogP contribution in [-0.4, -0.2) is 39.5 Å². The molecule has 0 bridgehead atoms. The Bertz CT molecular complexity index is 642. The van der Waals surface area contributed by atoms with Gasteiger partial charge in [-0.15, -0.1) is 0 Å². The molecule has 1 aromatic heterocycles. The first-order valence-corrected chi connectivity index (χ1v) is 6.25. The first-order valence-electron chi connectivity index (χ1n) is 6.25. The normalized spacial score (nSPS) is 10.0. The van der Waals surface area contributed by atoms with Crippen molar-refractivity contribution < 1.29 is 28.3 Å². The molecule has 0 aliphatic heterocycles. The van der Waals surface area contributed by atoms with Gasteiger partial charge >= 0.3 is 0 Å². The lowest BCUT2D eigenvalue weighted by Gasteiger charge is -2.14. The predicted molar refractivity (Wildman–Crippen MR) is 77.1 cm³/mol. The first kappa shape index (κ1) is 15.5. The molecule has 2 rings (SSSR count). The van der Waals surface area contributed by atoms with Gasteiger partial charge in [0.05, 0.1) is 34.5 Å². The largest absolute Gasteiger partial charge is 0.493 e. The van der Waals surface area contributed by atoms with E-state index in [1.165, 1.54) is 34.5 Å². The highest BCUT2D eigenvalue weighted by molar-refractivity contribution is 6.02. The molecule has 0 saturated heterocycles. The number of nitrogens with one attached hydrogen (secondary N) is 1. The number of carbonyl (C=O) groups excluding carboxylic acids is 1. The van der Waals surface area contributed by atoms with Gasteiger partial charge in [-0.1, -0.05) is 0 Å². The molecule has 1 aromatic carbocycles. The Hall–Kier alpha value is -2.90. The summed E-state index contributed by atoms with van der Waals surface area (Å²) in [6.07, 6.45) is 0. The molecule has 1 heterocycles. The lowest BCUT2D eigenvalue weighted by Crippen LogP contribution is -2.11. The maximum absolute atomic E-state index is 12.1. The zero-order valence-corrected chi connectivity index (χ0v) is 12.6. The van der Waals surface area contributed by atoms with Gasteiger partial charge in [-0.05, 0) is 5.16 Å². The summed E-state index contributed by atoms with van der Waals surface area (Å²) in [5.41, 5.74) is 0.454. The zero-order valence-electron chi connectivity index (χ0n) is 12.6. The standard InChI is InChI=1S/C14H16N2O6/c1-18-9-5-8(6-10(19-2)13(9)21-4)15-14(17)11-7-12(20-3)16-22-11/h5-7H,1-4H3,(H,15,17). The van der Waals surface area contributed by atoms with Crippen molar-refractivity contribution in [1.82, 2.24) is 5.16 Å². The fourth-order valence-corrected chi connectivity index (χ4v) is 1.81. The van der Waals surface area contributed by atoms with Crippen LogP contribution < -0.4 is 24.3 Å². The first-order chi connectivity index (χ1) is 10.6. The summed E-state index contributed by atoms with van der Waals surface area (Å²) in [6.45, 7) is 0. The van der Waals surface area contributed by atoms with Gasteiger partial charge in [0.15, 0.2) is 11.5 Å². The second-order valence-corrected chi connectivity index (χ2v) is 4.10. The van der Waals surface area contributed by atoms with Crippen LogP contribution in [0.15, 0.2) is 22.7 Å². The molecule has 8 nitrogen and oxygen atoms in total. The molecule has 1 amide bonds. The van der Waals surface area contributed by atoms with E-state index in [-0.39, 0.29) is 11.6 Å². The third kappa shape index (κ3) is 3.05. The maximum Gasteiger partial charge on any atom is 0.294 e. The van der Waals surface area contributed by atoms with Crippen LogP contribution in [0.5, 0.6) is 23.1 Å². The summed E-state index contributed by atoms with van der Waals surface area (Å²) < 4.78 is 25.4. The monoisotopic (exact) mass is 308 g/mol. The summed E-state index contributed by atoms with van der Waals surface area (Å²) in [5.74, 6) is 1.04. The van der Waals surface area contributed by atoms with Crippen LogP contribution in [0.2, 0.25) is 0 Å². The lowest BCUT2D eigenvalue weighted by molar-refractivity contribution is 0.0987. The smallest absolute Gasteiger partial charge is 0.294 e. The molecule has 0 atom stereocenters. The van der Waals surface area contributed by atoms with Gasteiger partial charge in [0, 0.05) is 17.8 Å². The van der Waals surface area contributed by atoms with Crippen molar-refractivity contribution in [1.29, 1.82) is 0 Å². The Balaban J connectivity index is 2.27. The molecule has 0 saturated carbocycles. The number of amides is 1. The Labute approximate surface area is 126 Å². The summed E-state index contributed by atoms with van der Waals surface area (Å²) >= 11 is 0. The van der Waals surface area contributed by atoms with E-state index in [1.807, 2.05) is 0 Å². The molecule has 8 heteroatoms. The molecule has 0 aliphatic rings. The second-order valence-electron chi connectivity index (χ2n) is 4.10. The summed E-state index contributed by atoms with van der Waals surface area (Å²) in [6, 6.07) is 4.59. The van der Waals surface area contributed by atoms with Crippen molar-refractivity contribution in [2.45, 2.75) is 0 Å². The fourth-order valence-electron chi connectivity index (χ4n) is 1.81. The Kier molecular flexibility index (Phi) is 4.72. The van der Waals surface area contributed by atoms with Crippen LogP contribution in [-0.2, 0) is 0 Å². The number of nitrogens with zero attached hydrogens (tertiary/aromatic N) is 1. The van der Waals surface area contributed by atoms with Gasteiger partial charge in [-0.25, -0.2) is 0 Å². The van der Waals surface area contributed by atoms with Crippen LogP contribution in [0.25, 0.3) is 0 Å². The number of aromatic nitrogens is 1. The minimum absolute atomic E-state index is 0.0191. The molecule has 2 aromatic rings. The zero-order chi connectivity index (χ0) is 16.1. The average Bonchev–Trinajstić information content (AvgIpc) is 3.03. The van der Waals surface area contributed by atoms with E-state index < -0.39 is 5.91 Å². The number of anilines is 1. The van der Waals surface area contributed by atoms with Crippen LogP contribution in [0, 0.1) is 0 Å². The average molecular weight is 308 g/mol. The van der Waals surface area contributed by atoms with Crippen molar-refractivity contribution in [3.05, 3.63) is 24.0 Å². The van der Waals surface area contributed by atoms with Crippen LogP contribution >= 0.6 is 0 Å². The van der Waals surface area contributed by atoms with Crippen molar-refractivity contribution in [2.24, 2.45) is 0 Å². The quantitative estimate of drug-likeness (QED) is 0.872. The molecular formula is C14H16N2O6. The van der Waals surface area contributed by atoms with Gasteiger partial charge < -0.3 is 28.8 Å². The molecule has 22 heavy (non-hydrogen) atoms. The minimum atomic E-state index is -0.481. The summed E-state index contributed by atoms with van der Waals surface area (Å²) in [7, 11) is 5.91. The topological polar surface area (TPSA) is 92.1 Å². The van der Waals surface area contributed by atoms with Crippen LogP contribution in [0.3, 0.4) is 0 Å². The van der Waals surface area contributed by atoms with Crippen LogP contribution in [0.4, 0.5) is 5.69 Å². The highest BCUT2D eigenvalue weighted by atomic mass is 16.5. The number of ether oxygens (including phenoxy) is 4. The Morgan fingerprint density at radius 2 is 1.64 bits per heavy atom. The van der Waals surface area contributed by atoms with Crippen molar-refractivity contribution in [2.75, 3.05) is 33.8 Å². The van der Waals surface area contributed by atoms with E-state index in [9.17, 15) is 4.79 Å². The third-order valence-electron chi connectivity index (χ3n) is 2.84. The number of benzene rings is 1. The number of hydrogen-bond donors (Lipinski definition) is 1. The van der Waals surface area contributed by atoms with Gasteiger partial charge in [0.1, 0.15) is 0 Å². The van der Waals surface area contributed by atoms with E-state index >= 15 is 0 Å². The third-order valence-corrected chi connectivity index (χ3v) is 2.84. The Morgan fingerprint density at radius 1 is 1.00 bits per heavy atom. The SMILES string of the molecule is COc1cc(C(=O)Nc2cc(OC)c(OC)c(OC)c2)on1. The molecule has 118 valence electrons. The number of hydrogen-bond acceptors (Lipinski definition) is 7. The second kappa shape index (κ2) is 6.70. The van der Waals surface area contributed by atoms with Crippen LogP contribution in [0.1, 0.15) is 10.6 Å². The lowest BCUT2D eigenvalue weighted by atomic mass is 10.2. The molecule has 1 N–H and O–H groups in total. The van der Waals surface area contributed by atoms with E-state index in [1.54, 1.807) is 12.1 Å². The van der Waals surface area contributed by atoms with E-state index in [2.05, 4.69) is 10.5 Å². The predicted octanol–water partition coefficient (Wildman–Crippen LogP) is 1.96. The highest BCUT2D eigenvalue weighted by Gasteiger charge is 2.17. The number of rotatable bonds is 6. The van der Waals surface area contributed by atoms with E-state index in [4.69, 9.17) is 23.5 Å². The number of methoxy groups -OCH3 is 4. The fraction of sp³-hybridized carbons (Fsp3) is 0.286. The molecular weight excluding hydrogens is 292 g/mol. The van der Waals surface area contributed by atoms with Gasteiger partial charge in [0.25, 0.3) is 11.8 Å². The summed E-state index contributed by atoms with van der Waals surface area (Å²) in [5, 5.41) is 6.22. The van der Waals surface area contributed by atoms with Crippen molar-refractivity contribution >= 4 is 11.6 Å². The molecule has 0 fully saturated rings. The number of carbonyl (C=O) groups is 1. The molecule has 0 aliphatic carbocycles. The minimum Gasteiger partial charge on any atom is -0.493 e. The Morgan fingerprint density at radius 3 is 2.09 bits per heavy atom. The maximum atomic E-state index is 12.1. The highest BCUT2D eigenvalue weighted by Crippen LogP contribution is 2.40. The van der Waals surface area contributed by atoms with E-state index in [0.717, 1.165) is 0 Å². The van der Waals surface area contributed by atoms with E-state index in [0.29, 0.717) is 22.9 Å². The van der Waals surface area contributed by atoms with Gasteiger partial charge in [-0.2, -0.15) is 0 Å². The molecule has 0 radical (unpaired) electrons.